The van der Waals surface area contributed by atoms with E-state index in [4.69, 9.17) is 0 Å². The van der Waals surface area contributed by atoms with Gasteiger partial charge in [0.25, 0.3) is 5.56 Å². The minimum Gasteiger partial charge on any atom is -0.391 e. The number of aliphatic hydroxyl groups is 1. The fourth-order valence-electron chi connectivity index (χ4n) is 3.18. The lowest BCUT2D eigenvalue weighted by atomic mass is 10.0. The first kappa shape index (κ1) is 17.2. The van der Waals surface area contributed by atoms with Gasteiger partial charge in [-0.25, -0.2) is 4.98 Å². The van der Waals surface area contributed by atoms with Crippen molar-refractivity contribution >= 4 is 5.91 Å². The van der Waals surface area contributed by atoms with Crippen LogP contribution in [0.1, 0.15) is 22.8 Å². The summed E-state index contributed by atoms with van der Waals surface area (Å²) in [5.41, 5.74) is 1.44. The van der Waals surface area contributed by atoms with Crippen LogP contribution in [0, 0.1) is 19.8 Å². The number of H-pyrrole nitrogens is 1. The summed E-state index contributed by atoms with van der Waals surface area (Å²) in [6.07, 6.45) is 4.81. The highest BCUT2D eigenvalue weighted by Crippen LogP contribution is 2.21. The normalized spacial score (nSPS) is 20.0. The molecule has 0 saturated carbocycles. The molecule has 0 aliphatic carbocycles. The second-order valence-corrected chi connectivity index (χ2v) is 6.42. The number of hydrogen-bond donors (Lipinski definition) is 2. The van der Waals surface area contributed by atoms with Gasteiger partial charge in [-0.15, -0.1) is 0 Å². The predicted molar refractivity (Wildman–Crippen MR) is 89.8 cm³/mol. The highest BCUT2D eigenvalue weighted by molar-refractivity contribution is 5.79. The van der Waals surface area contributed by atoms with Crippen molar-refractivity contribution in [3.8, 4) is 0 Å². The van der Waals surface area contributed by atoms with Gasteiger partial charge in [0.1, 0.15) is 5.82 Å². The van der Waals surface area contributed by atoms with Gasteiger partial charge in [0.15, 0.2) is 0 Å². The van der Waals surface area contributed by atoms with Crippen LogP contribution in [0.5, 0.6) is 0 Å². The zero-order valence-electron chi connectivity index (χ0n) is 14.3. The number of aryl methyl sites for hydroxylation is 2. The van der Waals surface area contributed by atoms with Crippen molar-refractivity contribution in [3.63, 3.8) is 0 Å². The molecule has 8 nitrogen and oxygen atoms in total. The monoisotopic (exact) mass is 343 g/mol. The Kier molecular flexibility index (Phi) is 4.89. The predicted octanol–water partition coefficient (Wildman–Crippen LogP) is -0.219. The molecule has 0 aromatic carbocycles. The van der Waals surface area contributed by atoms with E-state index in [1.54, 1.807) is 37.3 Å². The van der Waals surface area contributed by atoms with Gasteiger partial charge in [0.2, 0.25) is 5.91 Å². The third kappa shape index (κ3) is 3.90. The minimum absolute atomic E-state index is 0.0149. The molecule has 3 heterocycles. The third-order valence-corrected chi connectivity index (χ3v) is 4.52. The summed E-state index contributed by atoms with van der Waals surface area (Å²) in [6, 6.07) is 0. The first-order valence-electron chi connectivity index (χ1n) is 8.21. The van der Waals surface area contributed by atoms with E-state index in [2.05, 4.69) is 19.9 Å². The number of amides is 1. The molecule has 1 aliphatic heterocycles. The lowest BCUT2D eigenvalue weighted by Gasteiger charge is -2.16. The molecule has 8 heteroatoms. The molecule has 1 fully saturated rings. The Morgan fingerprint density at radius 3 is 2.84 bits per heavy atom. The van der Waals surface area contributed by atoms with Gasteiger partial charge in [0.05, 0.1) is 18.2 Å². The number of aromatic nitrogens is 4. The van der Waals surface area contributed by atoms with Crippen LogP contribution >= 0.6 is 0 Å². The van der Waals surface area contributed by atoms with E-state index in [9.17, 15) is 14.7 Å². The summed E-state index contributed by atoms with van der Waals surface area (Å²) in [5.74, 6) is 0.260. The van der Waals surface area contributed by atoms with Gasteiger partial charge in [-0.05, 0) is 20.3 Å². The molecule has 25 heavy (non-hydrogen) atoms. The maximum atomic E-state index is 12.6. The molecular formula is C17H21N5O3. The lowest BCUT2D eigenvalue weighted by Crippen LogP contribution is -2.33. The first-order chi connectivity index (χ1) is 11.9. The number of carbonyl (C=O) groups excluding carboxylic acids is 1. The molecule has 2 aromatic heterocycles. The smallest absolute Gasteiger partial charge is 0.254 e. The van der Waals surface area contributed by atoms with Gasteiger partial charge in [-0.1, -0.05) is 0 Å². The van der Waals surface area contributed by atoms with Crippen LogP contribution in [-0.2, 0) is 17.6 Å². The van der Waals surface area contributed by atoms with Crippen LogP contribution in [-0.4, -0.2) is 55.0 Å². The number of likely N-dealkylation sites (tertiary alicyclic amines) is 1. The standard InChI is InChI=1S/C17H21N5O3/c1-10-14(17(25)21-11(2)20-10)6-16(24)22-8-12(15(23)9-22)5-13-7-18-3-4-19-13/h3-4,7,12,15,23H,5-6,8-9H2,1-2H3,(H,20,21,25)/t12-,15-/m1/s1. The zero-order valence-corrected chi connectivity index (χ0v) is 14.3. The molecule has 3 rings (SSSR count). The summed E-state index contributed by atoms with van der Waals surface area (Å²) < 4.78 is 0. The van der Waals surface area contributed by atoms with Crippen molar-refractivity contribution in [3.05, 3.63) is 51.7 Å². The fourth-order valence-corrected chi connectivity index (χ4v) is 3.18. The van der Waals surface area contributed by atoms with Gasteiger partial charge in [-0.2, -0.15) is 0 Å². The van der Waals surface area contributed by atoms with Gasteiger partial charge in [0, 0.05) is 48.9 Å². The van der Waals surface area contributed by atoms with Crippen molar-refractivity contribution in [1.82, 2.24) is 24.8 Å². The first-order valence-corrected chi connectivity index (χ1v) is 8.21. The van der Waals surface area contributed by atoms with E-state index in [1.807, 2.05) is 0 Å². The van der Waals surface area contributed by atoms with Crippen LogP contribution in [0.15, 0.2) is 23.4 Å². The number of β-amino-alcohol motifs (C(OH)–C–C–N with tert-alkyl or cyclic N) is 1. The quantitative estimate of drug-likeness (QED) is 0.794. The molecular weight excluding hydrogens is 322 g/mol. The van der Waals surface area contributed by atoms with Crippen molar-refractivity contribution < 1.29 is 9.90 Å². The van der Waals surface area contributed by atoms with Gasteiger partial charge in [-0.3, -0.25) is 19.6 Å². The number of nitrogens with one attached hydrogen (secondary N) is 1. The summed E-state index contributed by atoms with van der Waals surface area (Å²) in [6.45, 7) is 4.13. The SMILES string of the molecule is Cc1nc(C)c(CC(=O)N2C[C@@H](Cc3cnccn3)[C@H](O)C2)c(=O)[nH]1. The molecule has 2 atom stereocenters. The van der Waals surface area contributed by atoms with Gasteiger partial charge < -0.3 is 15.0 Å². The van der Waals surface area contributed by atoms with Crippen molar-refractivity contribution in [2.24, 2.45) is 5.92 Å². The molecule has 132 valence electrons. The molecule has 1 saturated heterocycles. The Labute approximate surface area is 145 Å². The van der Waals surface area contributed by atoms with Crippen LogP contribution in [0.3, 0.4) is 0 Å². The average Bonchev–Trinajstić information content (AvgIpc) is 2.92. The molecule has 0 bridgehead atoms. The molecule has 1 amide bonds. The second-order valence-electron chi connectivity index (χ2n) is 6.42. The Morgan fingerprint density at radius 1 is 1.36 bits per heavy atom. The molecule has 0 radical (unpaired) electrons. The Bertz CT molecular complexity index is 821. The molecule has 2 N–H and O–H groups in total. The van der Waals surface area contributed by atoms with Crippen LogP contribution in [0.25, 0.3) is 0 Å². The van der Waals surface area contributed by atoms with E-state index in [1.165, 1.54) is 0 Å². The number of aliphatic hydroxyl groups excluding tert-OH is 1. The summed E-state index contributed by atoms with van der Waals surface area (Å²) in [5, 5.41) is 10.3. The molecule has 1 aliphatic rings. The van der Waals surface area contributed by atoms with E-state index < -0.39 is 6.10 Å². The van der Waals surface area contributed by atoms with Crippen molar-refractivity contribution in [2.75, 3.05) is 13.1 Å². The Hall–Kier alpha value is -2.61. The Balaban J connectivity index is 1.67. The summed E-state index contributed by atoms with van der Waals surface area (Å²) in [7, 11) is 0. The number of aromatic amines is 1. The zero-order chi connectivity index (χ0) is 18.0. The maximum absolute atomic E-state index is 12.6. The Morgan fingerprint density at radius 2 is 2.16 bits per heavy atom. The molecule has 2 aromatic rings. The van der Waals surface area contributed by atoms with Gasteiger partial charge >= 0.3 is 0 Å². The molecule has 0 unspecified atom stereocenters. The topological polar surface area (TPSA) is 112 Å². The van der Waals surface area contributed by atoms with Crippen LogP contribution in [0.4, 0.5) is 0 Å². The average molecular weight is 343 g/mol. The molecule has 0 spiro atoms. The van der Waals surface area contributed by atoms with Crippen LogP contribution in [0.2, 0.25) is 0 Å². The fraction of sp³-hybridized carbons (Fsp3) is 0.471. The van der Waals surface area contributed by atoms with E-state index in [-0.39, 0.29) is 30.3 Å². The second kappa shape index (κ2) is 7.10. The third-order valence-electron chi connectivity index (χ3n) is 4.52. The minimum atomic E-state index is -0.610. The number of nitrogens with zero attached hydrogens (tertiary/aromatic N) is 4. The van der Waals surface area contributed by atoms with Crippen LogP contribution < -0.4 is 5.56 Å². The van der Waals surface area contributed by atoms with Crippen molar-refractivity contribution in [1.29, 1.82) is 0 Å². The van der Waals surface area contributed by atoms with Crippen molar-refractivity contribution in [2.45, 2.75) is 32.8 Å². The summed E-state index contributed by atoms with van der Waals surface area (Å²) in [4.78, 5) is 41.3. The highest BCUT2D eigenvalue weighted by atomic mass is 16.3. The van der Waals surface area contributed by atoms with E-state index in [0.717, 1.165) is 5.69 Å². The summed E-state index contributed by atoms with van der Waals surface area (Å²) >= 11 is 0. The lowest BCUT2D eigenvalue weighted by molar-refractivity contribution is -0.129. The number of carbonyl (C=O) groups is 1. The van der Waals surface area contributed by atoms with E-state index in [0.29, 0.717) is 30.0 Å². The largest absolute Gasteiger partial charge is 0.391 e. The number of hydrogen-bond acceptors (Lipinski definition) is 6. The maximum Gasteiger partial charge on any atom is 0.254 e. The number of rotatable bonds is 4. The van der Waals surface area contributed by atoms with E-state index >= 15 is 0 Å². The highest BCUT2D eigenvalue weighted by Gasteiger charge is 2.34.